The standard InChI is InChI=1S/C20H21ClN4O4S2/c1-11(2)29-16-9-22-19(23-10-16)17-8-18(30-12(17)3)20(26)24-14-5-13(21)6-15(7-14)25-31(4,27)28/h5-11,25H,1-4H3,(H,24,26). The molecule has 2 N–H and O–H groups in total. The normalized spacial score (nSPS) is 11.4. The number of amides is 1. The van der Waals surface area contributed by atoms with Crippen molar-refractivity contribution in [3.8, 4) is 17.1 Å². The summed E-state index contributed by atoms with van der Waals surface area (Å²) in [5.41, 5.74) is 1.37. The zero-order chi connectivity index (χ0) is 22.8. The maximum atomic E-state index is 12.8. The van der Waals surface area contributed by atoms with Gasteiger partial charge >= 0.3 is 0 Å². The van der Waals surface area contributed by atoms with Gasteiger partial charge in [-0.1, -0.05) is 11.6 Å². The van der Waals surface area contributed by atoms with Crippen molar-refractivity contribution in [1.29, 1.82) is 0 Å². The van der Waals surface area contributed by atoms with Crippen molar-refractivity contribution in [2.24, 2.45) is 0 Å². The van der Waals surface area contributed by atoms with Crippen LogP contribution in [0, 0.1) is 6.92 Å². The molecule has 2 heterocycles. The molecule has 8 nitrogen and oxygen atoms in total. The third kappa shape index (κ3) is 6.39. The zero-order valence-corrected chi connectivity index (χ0v) is 19.7. The van der Waals surface area contributed by atoms with Crippen LogP contribution in [0.25, 0.3) is 11.4 Å². The summed E-state index contributed by atoms with van der Waals surface area (Å²) in [5, 5.41) is 3.02. The Morgan fingerprint density at radius 3 is 2.39 bits per heavy atom. The number of halogens is 1. The van der Waals surface area contributed by atoms with E-state index in [-0.39, 0.29) is 22.7 Å². The summed E-state index contributed by atoms with van der Waals surface area (Å²) in [5.74, 6) is 0.710. The molecule has 1 amide bonds. The minimum atomic E-state index is -3.48. The molecule has 1 aromatic carbocycles. The van der Waals surface area contributed by atoms with Gasteiger partial charge < -0.3 is 10.1 Å². The van der Waals surface area contributed by atoms with E-state index in [1.165, 1.54) is 29.5 Å². The van der Waals surface area contributed by atoms with Crippen molar-refractivity contribution in [2.75, 3.05) is 16.3 Å². The van der Waals surface area contributed by atoms with Crippen LogP contribution in [0.15, 0.2) is 36.7 Å². The molecule has 0 saturated heterocycles. The molecule has 3 aromatic rings. The Morgan fingerprint density at radius 1 is 1.13 bits per heavy atom. The average Bonchev–Trinajstić information content (AvgIpc) is 3.02. The van der Waals surface area contributed by atoms with Gasteiger partial charge in [0.25, 0.3) is 5.91 Å². The van der Waals surface area contributed by atoms with Crippen LogP contribution >= 0.6 is 22.9 Å². The van der Waals surface area contributed by atoms with Crippen LogP contribution in [0.5, 0.6) is 5.75 Å². The predicted molar refractivity (Wildman–Crippen MR) is 124 cm³/mol. The minimum absolute atomic E-state index is 0.0206. The van der Waals surface area contributed by atoms with Gasteiger partial charge in [0.2, 0.25) is 10.0 Å². The zero-order valence-electron chi connectivity index (χ0n) is 17.3. The third-order valence-electron chi connectivity index (χ3n) is 3.84. The van der Waals surface area contributed by atoms with Gasteiger partial charge in [-0.25, -0.2) is 18.4 Å². The van der Waals surface area contributed by atoms with Gasteiger partial charge in [0.05, 0.1) is 35.3 Å². The Labute approximate surface area is 189 Å². The second-order valence-corrected chi connectivity index (χ2v) is 10.5. The highest BCUT2D eigenvalue weighted by Crippen LogP contribution is 2.30. The van der Waals surface area contributed by atoms with Crippen molar-refractivity contribution in [3.05, 3.63) is 51.4 Å². The van der Waals surface area contributed by atoms with E-state index in [0.717, 1.165) is 16.7 Å². The SMILES string of the molecule is Cc1sc(C(=O)Nc2cc(Cl)cc(NS(C)(=O)=O)c2)cc1-c1ncc(OC(C)C)cn1. The molecule has 2 aromatic heterocycles. The van der Waals surface area contributed by atoms with Gasteiger partial charge in [0.1, 0.15) is 0 Å². The van der Waals surface area contributed by atoms with Crippen LogP contribution in [0.2, 0.25) is 5.02 Å². The minimum Gasteiger partial charge on any atom is -0.488 e. The number of benzene rings is 1. The average molecular weight is 481 g/mol. The number of anilines is 2. The van der Waals surface area contributed by atoms with Crippen LogP contribution in [-0.2, 0) is 10.0 Å². The van der Waals surface area contributed by atoms with Gasteiger partial charge in [0.15, 0.2) is 11.6 Å². The van der Waals surface area contributed by atoms with E-state index in [2.05, 4.69) is 20.0 Å². The lowest BCUT2D eigenvalue weighted by Crippen LogP contribution is -2.12. The second kappa shape index (κ2) is 9.21. The molecule has 0 aliphatic carbocycles. The van der Waals surface area contributed by atoms with Crippen LogP contribution < -0.4 is 14.8 Å². The number of sulfonamides is 1. The van der Waals surface area contributed by atoms with Crippen molar-refractivity contribution < 1.29 is 17.9 Å². The lowest BCUT2D eigenvalue weighted by molar-refractivity contribution is 0.103. The summed E-state index contributed by atoms with van der Waals surface area (Å²) in [4.78, 5) is 22.8. The highest BCUT2D eigenvalue weighted by Gasteiger charge is 2.16. The van der Waals surface area contributed by atoms with Crippen molar-refractivity contribution >= 4 is 50.2 Å². The summed E-state index contributed by atoms with van der Waals surface area (Å²) in [7, 11) is -3.48. The summed E-state index contributed by atoms with van der Waals surface area (Å²) in [6.07, 6.45) is 4.25. The number of nitrogens with zero attached hydrogens (tertiary/aromatic N) is 2. The topological polar surface area (TPSA) is 110 Å². The van der Waals surface area contributed by atoms with Crippen molar-refractivity contribution in [3.63, 3.8) is 0 Å². The molecule has 0 bridgehead atoms. The van der Waals surface area contributed by atoms with Gasteiger partial charge in [-0.2, -0.15) is 0 Å². The first-order chi connectivity index (χ1) is 14.5. The first-order valence-electron chi connectivity index (χ1n) is 9.19. The first-order valence-corrected chi connectivity index (χ1v) is 12.3. The molecule has 11 heteroatoms. The Hall–Kier alpha value is -2.69. The number of thiophene rings is 1. The largest absolute Gasteiger partial charge is 0.488 e. The molecule has 0 aliphatic rings. The number of ether oxygens (including phenoxy) is 1. The fourth-order valence-electron chi connectivity index (χ4n) is 2.73. The smallest absolute Gasteiger partial charge is 0.265 e. The molecule has 31 heavy (non-hydrogen) atoms. The highest BCUT2D eigenvalue weighted by atomic mass is 35.5. The highest BCUT2D eigenvalue weighted by molar-refractivity contribution is 7.92. The number of carbonyl (C=O) groups is 1. The van der Waals surface area contributed by atoms with Gasteiger partial charge in [0, 0.05) is 21.2 Å². The Kier molecular flexibility index (Phi) is 6.83. The van der Waals surface area contributed by atoms with Crippen LogP contribution in [-0.4, -0.2) is 36.7 Å². The van der Waals surface area contributed by atoms with E-state index < -0.39 is 10.0 Å². The quantitative estimate of drug-likeness (QED) is 0.512. The van der Waals surface area contributed by atoms with Crippen LogP contribution in [0.3, 0.4) is 0 Å². The molecule has 0 spiro atoms. The molecule has 3 rings (SSSR count). The Bertz CT molecular complexity index is 1210. The van der Waals surface area contributed by atoms with E-state index in [1.807, 2.05) is 20.8 Å². The first kappa shape index (κ1) is 23.0. The molecule has 0 atom stereocenters. The molecule has 0 saturated carbocycles. The number of rotatable bonds is 7. The number of aryl methyl sites for hydroxylation is 1. The van der Waals surface area contributed by atoms with Gasteiger partial charge in [-0.15, -0.1) is 11.3 Å². The molecule has 0 radical (unpaired) electrons. The number of hydrogen-bond donors (Lipinski definition) is 2. The van der Waals surface area contributed by atoms with Crippen LogP contribution in [0.4, 0.5) is 11.4 Å². The lowest BCUT2D eigenvalue weighted by atomic mass is 10.2. The summed E-state index contributed by atoms with van der Waals surface area (Å²) < 4.78 is 30.8. The molecule has 0 unspecified atom stereocenters. The third-order valence-corrected chi connectivity index (χ3v) is 5.72. The fraction of sp³-hybridized carbons (Fsp3) is 0.250. The maximum absolute atomic E-state index is 12.8. The van der Waals surface area contributed by atoms with Crippen molar-refractivity contribution in [2.45, 2.75) is 26.9 Å². The fourth-order valence-corrected chi connectivity index (χ4v) is 4.42. The Morgan fingerprint density at radius 2 is 1.77 bits per heavy atom. The molecular formula is C20H21ClN4O4S2. The summed E-state index contributed by atoms with van der Waals surface area (Å²) in [6, 6.07) is 6.19. The number of nitrogens with one attached hydrogen (secondary N) is 2. The lowest BCUT2D eigenvalue weighted by Gasteiger charge is -2.09. The number of carbonyl (C=O) groups excluding carboxylic acids is 1. The summed E-state index contributed by atoms with van der Waals surface area (Å²) in [6.45, 7) is 5.72. The number of aromatic nitrogens is 2. The maximum Gasteiger partial charge on any atom is 0.265 e. The van der Waals surface area contributed by atoms with Crippen molar-refractivity contribution in [1.82, 2.24) is 9.97 Å². The Balaban J connectivity index is 1.80. The second-order valence-electron chi connectivity index (χ2n) is 7.05. The molecule has 164 valence electrons. The van der Waals surface area contributed by atoms with Crippen LogP contribution in [0.1, 0.15) is 28.4 Å². The van der Waals surface area contributed by atoms with Gasteiger partial charge in [-0.3, -0.25) is 9.52 Å². The summed E-state index contributed by atoms with van der Waals surface area (Å²) >= 11 is 7.35. The predicted octanol–water partition coefficient (Wildman–Crippen LogP) is 4.58. The van der Waals surface area contributed by atoms with E-state index in [1.54, 1.807) is 18.5 Å². The van der Waals surface area contributed by atoms with E-state index in [0.29, 0.717) is 22.1 Å². The van der Waals surface area contributed by atoms with E-state index >= 15 is 0 Å². The molecular weight excluding hydrogens is 460 g/mol. The molecule has 0 fully saturated rings. The number of hydrogen-bond acceptors (Lipinski definition) is 7. The van der Waals surface area contributed by atoms with E-state index in [4.69, 9.17) is 16.3 Å². The van der Waals surface area contributed by atoms with E-state index in [9.17, 15) is 13.2 Å². The van der Waals surface area contributed by atoms with Gasteiger partial charge in [-0.05, 0) is 45.0 Å². The monoisotopic (exact) mass is 480 g/mol. The molecule has 0 aliphatic heterocycles.